The number of halogens is 3. The molecule has 0 saturated carbocycles. The summed E-state index contributed by atoms with van der Waals surface area (Å²) in [5.41, 5.74) is 0.547. The van der Waals surface area contributed by atoms with Crippen molar-refractivity contribution < 1.29 is 22.7 Å². The Morgan fingerprint density at radius 2 is 2.12 bits per heavy atom. The number of benzene rings is 1. The van der Waals surface area contributed by atoms with Gasteiger partial charge in [0.1, 0.15) is 12.9 Å². The molecule has 0 unspecified atom stereocenters. The van der Waals surface area contributed by atoms with Gasteiger partial charge in [-0.1, -0.05) is 12.1 Å². The Morgan fingerprint density at radius 1 is 1.35 bits per heavy atom. The molecule has 0 bridgehead atoms. The second-order valence-corrected chi connectivity index (χ2v) is 4.37. The van der Waals surface area contributed by atoms with Gasteiger partial charge in [-0.05, 0) is 12.1 Å². The minimum absolute atomic E-state index is 0.0233. The molecule has 1 rings (SSSR count). The summed E-state index contributed by atoms with van der Waals surface area (Å²) in [4.78, 5) is 11.3. The van der Waals surface area contributed by atoms with Crippen molar-refractivity contribution in [2.45, 2.75) is 11.1 Å². The molecule has 0 aliphatic rings. The molecule has 0 radical (unpaired) electrons. The van der Waals surface area contributed by atoms with Crippen molar-refractivity contribution in [3.05, 3.63) is 29.8 Å². The number of thioether (sulfide) groups is 1. The van der Waals surface area contributed by atoms with Gasteiger partial charge in [-0.2, -0.15) is 13.2 Å². The van der Waals surface area contributed by atoms with Crippen LogP contribution in [-0.4, -0.2) is 31.4 Å². The van der Waals surface area contributed by atoms with Crippen LogP contribution in [0.5, 0.6) is 0 Å². The van der Waals surface area contributed by atoms with Crippen LogP contribution in [0.15, 0.2) is 29.2 Å². The molecule has 2 nitrogen and oxygen atoms in total. The average Bonchev–Trinajstić information content (AvgIpc) is 2.27. The van der Waals surface area contributed by atoms with E-state index in [4.69, 9.17) is 0 Å². The molecule has 0 aliphatic carbocycles. The molecule has 0 fully saturated rings. The van der Waals surface area contributed by atoms with Crippen LogP contribution in [0.2, 0.25) is 0 Å². The SMILES string of the molecule is O=Cc1cccc(SCCOCC(F)(F)F)c1. The topological polar surface area (TPSA) is 26.3 Å². The van der Waals surface area contributed by atoms with E-state index in [9.17, 15) is 18.0 Å². The van der Waals surface area contributed by atoms with Crippen LogP contribution in [0.4, 0.5) is 13.2 Å². The number of carbonyl (C=O) groups excluding carboxylic acids is 1. The summed E-state index contributed by atoms with van der Waals surface area (Å²) in [6.45, 7) is -1.20. The summed E-state index contributed by atoms with van der Waals surface area (Å²) in [7, 11) is 0. The Labute approximate surface area is 101 Å². The molecule has 1 aromatic rings. The van der Waals surface area contributed by atoms with Crippen molar-refractivity contribution in [1.29, 1.82) is 0 Å². The maximum Gasteiger partial charge on any atom is 0.411 e. The number of hydrogen-bond donors (Lipinski definition) is 0. The maximum atomic E-state index is 11.7. The second-order valence-electron chi connectivity index (χ2n) is 3.21. The zero-order valence-electron chi connectivity index (χ0n) is 8.87. The molecule has 0 aromatic heterocycles. The summed E-state index contributed by atoms with van der Waals surface area (Å²) in [6, 6.07) is 6.86. The van der Waals surface area contributed by atoms with Crippen LogP contribution in [0.3, 0.4) is 0 Å². The maximum absolute atomic E-state index is 11.7. The molecule has 0 N–H and O–H groups in total. The van der Waals surface area contributed by atoms with Gasteiger partial charge in [-0.25, -0.2) is 0 Å². The third-order valence-corrected chi connectivity index (χ3v) is 2.71. The van der Waals surface area contributed by atoms with Gasteiger partial charge < -0.3 is 4.74 Å². The van der Waals surface area contributed by atoms with Crippen molar-refractivity contribution in [1.82, 2.24) is 0 Å². The fourth-order valence-corrected chi connectivity index (χ4v) is 1.92. The highest BCUT2D eigenvalue weighted by Crippen LogP contribution is 2.19. The Bertz CT molecular complexity index is 366. The number of alkyl halides is 3. The second kappa shape index (κ2) is 6.66. The predicted octanol–water partition coefficient (Wildman–Crippen LogP) is 3.17. The van der Waals surface area contributed by atoms with Crippen LogP contribution in [0.25, 0.3) is 0 Å². The average molecular weight is 264 g/mol. The van der Waals surface area contributed by atoms with Gasteiger partial charge in [0.15, 0.2) is 0 Å². The molecule has 6 heteroatoms. The molecule has 0 saturated heterocycles. The third-order valence-electron chi connectivity index (χ3n) is 1.76. The van der Waals surface area contributed by atoms with Gasteiger partial charge >= 0.3 is 6.18 Å². The number of rotatable bonds is 6. The molecule has 0 heterocycles. The smallest absolute Gasteiger partial charge is 0.371 e. The molecule has 94 valence electrons. The van der Waals surface area contributed by atoms with Gasteiger partial charge in [-0.3, -0.25) is 4.79 Å². The van der Waals surface area contributed by atoms with E-state index in [2.05, 4.69) is 4.74 Å². The zero-order chi connectivity index (χ0) is 12.7. The van der Waals surface area contributed by atoms with E-state index in [1.54, 1.807) is 24.3 Å². The van der Waals surface area contributed by atoms with E-state index in [1.165, 1.54) is 11.8 Å². The zero-order valence-corrected chi connectivity index (χ0v) is 9.68. The van der Waals surface area contributed by atoms with E-state index >= 15 is 0 Å². The molecule has 0 atom stereocenters. The fraction of sp³-hybridized carbons (Fsp3) is 0.364. The lowest BCUT2D eigenvalue weighted by Crippen LogP contribution is -2.17. The van der Waals surface area contributed by atoms with E-state index in [0.717, 1.165) is 11.2 Å². The lowest BCUT2D eigenvalue weighted by molar-refractivity contribution is -0.172. The molecule has 17 heavy (non-hydrogen) atoms. The lowest BCUT2D eigenvalue weighted by atomic mass is 10.2. The molecular formula is C11H11F3O2S. The Hall–Kier alpha value is -1.01. The first kappa shape index (κ1) is 14.1. The summed E-state index contributed by atoms with van der Waals surface area (Å²) < 4.78 is 39.7. The van der Waals surface area contributed by atoms with E-state index < -0.39 is 12.8 Å². The first-order valence-electron chi connectivity index (χ1n) is 4.84. The predicted molar refractivity (Wildman–Crippen MR) is 59.4 cm³/mol. The van der Waals surface area contributed by atoms with E-state index in [1.807, 2.05) is 0 Å². The van der Waals surface area contributed by atoms with Crippen LogP contribution in [-0.2, 0) is 4.74 Å². The van der Waals surface area contributed by atoms with Crippen molar-refractivity contribution in [2.75, 3.05) is 19.0 Å². The molecule has 0 spiro atoms. The van der Waals surface area contributed by atoms with Gasteiger partial charge in [-0.15, -0.1) is 11.8 Å². The van der Waals surface area contributed by atoms with Crippen LogP contribution in [0, 0.1) is 0 Å². The Kier molecular flexibility index (Phi) is 5.50. The summed E-state index contributed by atoms with van der Waals surface area (Å²) in [5, 5.41) is 0. The van der Waals surface area contributed by atoms with Gasteiger partial charge in [0.25, 0.3) is 0 Å². The van der Waals surface area contributed by atoms with Crippen molar-refractivity contribution in [3.8, 4) is 0 Å². The minimum atomic E-state index is -4.28. The number of hydrogen-bond acceptors (Lipinski definition) is 3. The highest BCUT2D eigenvalue weighted by atomic mass is 32.2. The highest BCUT2D eigenvalue weighted by molar-refractivity contribution is 7.99. The number of carbonyl (C=O) groups is 1. The third kappa shape index (κ3) is 6.33. The molecule has 0 aliphatic heterocycles. The van der Waals surface area contributed by atoms with Crippen LogP contribution in [0.1, 0.15) is 10.4 Å². The summed E-state index contributed by atoms with van der Waals surface area (Å²) >= 11 is 1.35. The molecular weight excluding hydrogens is 253 g/mol. The first-order valence-corrected chi connectivity index (χ1v) is 5.82. The van der Waals surface area contributed by atoms with E-state index in [-0.39, 0.29) is 6.61 Å². The monoisotopic (exact) mass is 264 g/mol. The largest absolute Gasteiger partial charge is 0.411 e. The summed E-state index contributed by atoms with van der Waals surface area (Å²) in [6.07, 6.45) is -3.55. The minimum Gasteiger partial charge on any atom is -0.371 e. The lowest BCUT2D eigenvalue weighted by Gasteiger charge is -2.07. The summed E-state index contributed by atoms with van der Waals surface area (Å²) in [5.74, 6) is 0.415. The van der Waals surface area contributed by atoms with Crippen molar-refractivity contribution >= 4 is 18.0 Å². The van der Waals surface area contributed by atoms with Crippen LogP contribution >= 0.6 is 11.8 Å². The van der Waals surface area contributed by atoms with Crippen LogP contribution < -0.4 is 0 Å². The normalized spacial score (nSPS) is 11.5. The standard InChI is InChI=1S/C11H11F3O2S/c12-11(13,14)8-16-4-5-17-10-3-1-2-9(6-10)7-15/h1-3,6-7H,4-5,8H2. The van der Waals surface area contributed by atoms with E-state index in [0.29, 0.717) is 11.3 Å². The van der Waals surface area contributed by atoms with Gasteiger partial charge in [0.05, 0.1) is 6.61 Å². The fourth-order valence-electron chi connectivity index (χ4n) is 1.08. The number of aldehydes is 1. The van der Waals surface area contributed by atoms with Gasteiger partial charge in [0, 0.05) is 16.2 Å². The highest BCUT2D eigenvalue weighted by Gasteiger charge is 2.27. The first-order chi connectivity index (χ1) is 8.01. The Balaban J connectivity index is 2.24. The quantitative estimate of drug-likeness (QED) is 0.448. The molecule has 1 aromatic carbocycles. The van der Waals surface area contributed by atoms with Crippen molar-refractivity contribution in [3.63, 3.8) is 0 Å². The Morgan fingerprint density at radius 3 is 2.76 bits per heavy atom. The molecule has 0 amide bonds. The number of ether oxygens (including phenoxy) is 1. The van der Waals surface area contributed by atoms with Gasteiger partial charge in [0.2, 0.25) is 0 Å². The van der Waals surface area contributed by atoms with Crippen molar-refractivity contribution in [2.24, 2.45) is 0 Å².